The molecule has 0 rings (SSSR count). The lowest BCUT2D eigenvalue weighted by molar-refractivity contribution is -0.140. The van der Waals surface area contributed by atoms with Gasteiger partial charge in [0, 0.05) is 7.05 Å². The maximum absolute atomic E-state index is 11.6. The van der Waals surface area contributed by atoms with E-state index in [1.807, 2.05) is 24.9 Å². The van der Waals surface area contributed by atoms with Crippen molar-refractivity contribution in [2.45, 2.75) is 27.2 Å². The summed E-state index contributed by atoms with van der Waals surface area (Å²) >= 11 is 3.32. The van der Waals surface area contributed by atoms with Crippen LogP contribution in [0.25, 0.3) is 0 Å². The Morgan fingerprint density at radius 3 is 2.53 bits per heavy atom. The summed E-state index contributed by atoms with van der Waals surface area (Å²) in [5, 5.41) is 0. The van der Waals surface area contributed by atoms with E-state index in [9.17, 15) is 4.79 Å². The molecule has 3 nitrogen and oxygen atoms in total. The Bertz CT molecular complexity index is 229. The first-order chi connectivity index (χ1) is 7.06. The predicted molar refractivity (Wildman–Crippen MR) is 65.7 cm³/mol. The van der Waals surface area contributed by atoms with E-state index in [0.29, 0.717) is 23.7 Å². The number of nitrogens with zero attached hydrogens (tertiary/aromatic N) is 1. The van der Waals surface area contributed by atoms with E-state index >= 15 is 0 Å². The lowest BCUT2D eigenvalue weighted by atomic mass is 10.1. The minimum atomic E-state index is -0.250. The van der Waals surface area contributed by atoms with E-state index in [1.54, 1.807) is 0 Å². The van der Waals surface area contributed by atoms with Gasteiger partial charge in [0.05, 0.1) is 12.1 Å². The van der Waals surface area contributed by atoms with Gasteiger partial charge in [-0.15, -0.1) is 0 Å². The van der Waals surface area contributed by atoms with E-state index in [2.05, 4.69) is 29.8 Å². The van der Waals surface area contributed by atoms with Crippen molar-refractivity contribution in [3.05, 3.63) is 11.8 Å². The third kappa shape index (κ3) is 5.21. The van der Waals surface area contributed by atoms with Crippen molar-refractivity contribution in [3.8, 4) is 0 Å². The summed E-state index contributed by atoms with van der Waals surface area (Å²) in [6.07, 6.45) is 2.97. The first-order valence-corrected chi connectivity index (χ1v) is 6.34. The molecule has 0 aliphatic carbocycles. The van der Waals surface area contributed by atoms with Gasteiger partial charge < -0.3 is 9.64 Å². The van der Waals surface area contributed by atoms with Gasteiger partial charge in [-0.05, 0) is 19.3 Å². The second-order valence-corrected chi connectivity index (χ2v) is 3.98. The van der Waals surface area contributed by atoms with Gasteiger partial charge in [0.1, 0.15) is 5.70 Å². The molecule has 0 spiro atoms. The number of halogens is 1. The molecule has 15 heavy (non-hydrogen) atoms. The Kier molecular flexibility index (Phi) is 7.48. The largest absolute Gasteiger partial charge is 0.461 e. The van der Waals surface area contributed by atoms with Crippen LogP contribution in [0, 0.1) is 5.92 Å². The Balaban J connectivity index is 4.71. The lowest BCUT2D eigenvalue weighted by Gasteiger charge is -2.19. The van der Waals surface area contributed by atoms with Crippen molar-refractivity contribution in [2.24, 2.45) is 5.92 Å². The van der Waals surface area contributed by atoms with Gasteiger partial charge in [-0.1, -0.05) is 35.9 Å². The Morgan fingerprint density at radius 2 is 2.13 bits per heavy atom. The highest BCUT2D eigenvalue weighted by atomic mass is 79.9. The zero-order valence-electron chi connectivity index (χ0n) is 9.92. The number of hydrogen-bond donors (Lipinski definition) is 0. The highest BCUT2D eigenvalue weighted by Crippen LogP contribution is 2.12. The molecule has 0 aromatic heterocycles. The summed E-state index contributed by atoms with van der Waals surface area (Å²) in [5.41, 5.74) is 1.25. The molecule has 0 N–H and O–H groups in total. The van der Waals surface area contributed by atoms with Crippen LogP contribution in [0.4, 0.5) is 0 Å². The molecule has 0 radical (unpaired) electrons. The number of ether oxygens (including phenoxy) is 1. The molecule has 1 unspecified atom stereocenters. The van der Waals surface area contributed by atoms with Gasteiger partial charge in [0.2, 0.25) is 0 Å². The lowest BCUT2D eigenvalue weighted by Crippen LogP contribution is -2.24. The average molecular weight is 278 g/mol. The van der Waals surface area contributed by atoms with Gasteiger partial charge >= 0.3 is 5.97 Å². The fourth-order valence-corrected chi connectivity index (χ4v) is 1.28. The second kappa shape index (κ2) is 7.74. The molecule has 4 heteroatoms. The van der Waals surface area contributed by atoms with Gasteiger partial charge in [-0.3, -0.25) is 0 Å². The number of likely N-dealkylation sites (N-methyl/N-ethyl adjacent to an activating group) is 1. The van der Waals surface area contributed by atoms with E-state index in [1.165, 1.54) is 0 Å². The molecule has 0 saturated heterocycles. The third-order valence-electron chi connectivity index (χ3n) is 2.16. The summed E-state index contributed by atoms with van der Waals surface area (Å²) < 4.78 is 5.00. The molecule has 0 heterocycles. The number of alkyl halides is 1. The molecule has 1 atom stereocenters. The van der Waals surface area contributed by atoms with Gasteiger partial charge in [0.25, 0.3) is 0 Å². The SMILES string of the molecule is CCOC(=O)/C(=C/C(C)CC)N(C)CBr. The Hall–Kier alpha value is -0.510. The van der Waals surface area contributed by atoms with Crippen LogP contribution >= 0.6 is 15.9 Å². The Morgan fingerprint density at radius 1 is 1.53 bits per heavy atom. The van der Waals surface area contributed by atoms with Crippen molar-refractivity contribution in [1.82, 2.24) is 4.90 Å². The molecule has 0 amide bonds. The molecule has 0 saturated carbocycles. The minimum Gasteiger partial charge on any atom is -0.461 e. The molecular formula is C11H20BrNO2. The van der Waals surface area contributed by atoms with Gasteiger partial charge in [-0.2, -0.15) is 0 Å². The summed E-state index contributed by atoms with van der Waals surface area (Å²) in [4.78, 5) is 13.5. The summed E-state index contributed by atoms with van der Waals surface area (Å²) in [7, 11) is 1.86. The topological polar surface area (TPSA) is 29.5 Å². The van der Waals surface area contributed by atoms with Crippen molar-refractivity contribution in [3.63, 3.8) is 0 Å². The van der Waals surface area contributed by atoms with Crippen LogP contribution in [0.3, 0.4) is 0 Å². The molecule has 88 valence electrons. The van der Waals surface area contributed by atoms with E-state index < -0.39 is 0 Å². The van der Waals surface area contributed by atoms with E-state index in [4.69, 9.17) is 4.74 Å². The second-order valence-electron chi connectivity index (χ2n) is 3.48. The zero-order valence-corrected chi connectivity index (χ0v) is 11.5. The van der Waals surface area contributed by atoms with Crippen LogP contribution in [0.15, 0.2) is 11.8 Å². The van der Waals surface area contributed by atoms with Gasteiger partial charge in [0.15, 0.2) is 0 Å². The van der Waals surface area contributed by atoms with Crippen molar-refractivity contribution < 1.29 is 9.53 Å². The minimum absolute atomic E-state index is 0.250. The molecule has 0 aromatic carbocycles. The highest BCUT2D eigenvalue weighted by Gasteiger charge is 2.15. The van der Waals surface area contributed by atoms with E-state index in [-0.39, 0.29) is 5.97 Å². The first-order valence-electron chi connectivity index (χ1n) is 5.22. The predicted octanol–water partition coefficient (Wildman–Crippen LogP) is 2.76. The highest BCUT2D eigenvalue weighted by molar-refractivity contribution is 9.09. The average Bonchev–Trinajstić information content (AvgIpc) is 2.24. The number of carbonyl (C=O) groups excluding carboxylic acids is 1. The number of rotatable bonds is 6. The monoisotopic (exact) mass is 277 g/mol. The summed E-state index contributed by atoms with van der Waals surface area (Å²) in [6, 6.07) is 0. The summed E-state index contributed by atoms with van der Waals surface area (Å²) in [6.45, 7) is 6.40. The number of carbonyl (C=O) groups is 1. The van der Waals surface area contributed by atoms with Crippen LogP contribution in [0.5, 0.6) is 0 Å². The fraction of sp³-hybridized carbons (Fsp3) is 0.727. The fourth-order valence-electron chi connectivity index (χ4n) is 1.01. The van der Waals surface area contributed by atoms with Crippen LogP contribution in [0.1, 0.15) is 27.2 Å². The van der Waals surface area contributed by atoms with Crippen LogP contribution in [0.2, 0.25) is 0 Å². The van der Waals surface area contributed by atoms with Crippen molar-refractivity contribution >= 4 is 21.9 Å². The Labute approximate surface area is 101 Å². The normalized spacial score (nSPS) is 13.5. The van der Waals surface area contributed by atoms with Crippen LogP contribution in [-0.4, -0.2) is 30.0 Å². The molecule has 0 bridgehead atoms. The summed E-state index contributed by atoms with van der Waals surface area (Å²) in [5.74, 6) is 0.130. The first kappa shape index (κ1) is 14.5. The quantitative estimate of drug-likeness (QED) is 0.324. The maximum atomic E-state index is 11.6. The molecule has 0 aliphatic heterocycles. The van der Waals surface area contributed by atoms with Crippen molar-refractivity contribution in [1.29, 1.82) is 0 Å². The molecule has 0 aliphatic rings. The van der Waals surface area contributed by atoms with Crippen LogP contribution < -0.4 is 0 Å². The molecular weight excluding hydrogens is 258 g/mol. The number of hydrogen-bond acceptors (Lipinski definition) is 3. The smallest absolute Gasteiger partial charge is 0.354 e. The van der Waals surface area contributed by atoms with Crippen LogP contribution in [-0.2, 0) is 9.53 Å². The van der Waals surface area contributed by atoms with Gasteiger partial charge in [-0.25, -0.2) is 4.79 Å². The number of allylic oxidation sites excluding steroid dienone is 1. The van der Waals surface area contributed by atoms with Crippen molar-refractivity contribution in [2.75, 3.05) is 19.1 Å². The molecule has 0 fully saturated rings. The zero-order chi connectivity index (χ0) is 11.8. The van der Waals surface area contributed by atoms with E-state index in [0.717, 1.165) is 6.42 Å². The molecule has 0 aromatic rings. The maximum Gasteiger partial charge on any atom is 0.354 e. The third-order valence-corrected chi connectivity index (χ3v) is 2.91. The number of esters is 1. The standard InChI is InChI=1S/C11H20BrNO2/c1-5-9(3)7-10(13(4)8-12)11(14)15-6-2/h7,9H,5-6,8H2,1-4H3/b10-7-.